The molecule has 0 atom stereocenters. The van der Waals surface area contributed by atoms with Crippen LogP contribution in [-0.2, 0) is 0 Å². The van der Waals surface area contributed by atoms with Crippen LogP contribution in [0.15, 0.2) is 158 Å². The highest BCUT2D eigenvalue weighted by molar-refractivity contribution is 6.36. The first-order valence-corrected chi connectivity index (χ1v) is 16.8. The van der Waals surface area contributed by atoms with Crippen LogP contribution in [0, 0.1) is 22.7 Å². The molecule has 0 fully saturated rings. The Bertz CT molecular complexity index is 2860. The Kier molecular flexibility index (Phi) is 7.10. The Morgan fingerprint density at radius 2 is 1.13 bits per heavy atom. The van der Waals surface area contributed by atoms with Crippen molar-refractivity contribution in [2.75, 3.05) is 4.90 Å². The molecular weight excluding hydrogens is 641 g/mol. The average Bonchev–Trinajstić information content (AvgIpc) is 3.67. The zero-order valence-corrected chi connectivity index (χ0v) is 27.6. The van der Waals surface area contributed by atoms with Crippen LogP contribution in [0.25, 0.3) is 60.9 Å². The number of amides is 2. The summed E-state index contributed by atoms with van der Waals surface area (Å²) in [6.07, 6.45) is 0. The number of carbonyl (C=O) groups excluding carboxylic acids is 2. The zero-order valence-electron chi connectivity index (χ0n) is 27.6. The first-order valence-electron chi connectivity index (χ1n) is 16.8. The van der Waals surface area contributed by atoms with E-state index in [1.807, 2.05) is 138 Å². The summed E-state index contributed by atoms with van der Waals surface area (Å²) in [5.74, 6) is -0.791. The number of nitrogens with zero attached hydrogens (tertiary/aromatic N) is 4. The SMILES string of the molecule is N#Cc1ccc(-c2ccc3c4ccccc4n(-c4cccc5c4C(=O)N(c4cc(-c6ccccc6)ccc4-c4ccccc4)C5=O)c3c2)c(C#N)c1. The zero-order chi connectivity index (χ0) is 35.3. The van der Waals surface area contributed by atoms with Crippen molar-refractivity contribution in [1.82, 2.24) is 4.57 Å². The molecule has 2 heterocycles. The first-order chi connectivity index (χ1) is 25.6. The van der Waals surface area contributed by atoms with Gasteiger partial charge < -0.3 is 4.57 Å². The van der Waals surface area contributed by atoms with E-state index in [-0.39, 0.29) is 5.91 Å². The number of nitriles is 2. The molecule has 242 valence electrons. The third kappa shape index (κ3) is 4.71. The van der Waals surface area contributed by atoms with Crippen molar-refractivity contribution in [3.05, 3.63) is 180 Å². The van der Waals surface area contributed by atoms with Crippen LogP contribution >= 0.6 is 0 Å². The molecule has 0 spiro atoms. The van der Waals surface area contributed by atoms with Gasteiger partial charge in [-0.3, -0.25) is 9.59 Å². The van der Waals surface area contributed by atoms with Crippen LogP contribution < -0.4 is 4.90 Å². The molecule has 2 amide bonds. The van der Waals surface area contributed by atoms with Gasteiger partial charge in [-0.05, 0) is 70.3 Å². The number of anilines is 1. The van der Waals surface area contributed by atoms with Crippen molar-refractivity contribution in [3.63, 3.8) is 0 Å². The molecule has 0 bridgehead atoms. The van der Waals surface area contributed by atoms with Gasteiger partial charge in [0.2, 0.25) is 0 Å². The molecular formula is C46H26N4O2. The normalized spacial score (nSPS) is 12.2. The van der Waals surface area contributed by atoms with E-state index in [1.54, 1.807) is 24.3 Å². The number of hydrogen-bond donors (Lipinski definition) is 0. The lowest BCUT2D eigenvalue weighted by Crippen LogP contribution is -2.30. The molecule has 8 aromatic rings. The molecule has 0 N–H and O–H groups in total. The summed E-state index contributed by atoms with van der Waals surface area (Å²) in [7, 11) is 0. The first kappa shape index (κ1) is 30.5. The minimum absolute atomic E-state index is 0.320. The lowest BCUT2D eigenvalue weighted by molar-refractivity contribution is 0.0926. The molecule has 1 aliphatic heterocycles. The van der Waals surface area contributed by atoms with Crippen LogP contribution in [0.2, 0.25) is 0 Å². The van der Waals surface area contributed by atoms with Gasteiger partial charge in [-0.15, -0.1) is 0 Å². The topological polar surface area (TPSA) is 89.9 Å². The number of fused-ring (bicyclic) bond motifs is 4. The van der Waals surface area contributed by atoms with Crippen molar-refractivity contribution in [1.29, 1.82) is 10.5 Å². The Hall–Kier alpha value is -7.54. The second-order valence-electron chi connectivity index (χ2n) is 12.7. The Morgan fingerprint density at radius 3 is 1.90 bits per heavy atom. The van der Waals surface area contributed by atoms with Gasteiger partial charge in [-0.1, -0.05) is 115 Å². The maximum Gasteiger partial charge on any atom is 0.268 e. The number of hydrogen-bond acceptors (Lipinski definition) is 4. The van der Waals surface area contributed by atoms with Crippen molar-refractivity contribution in [2.45, 2.75) is 0 Å². The second kappa shape index (κ2) is 12.1. The number of rotatable bonds is 5. The summed E-state index contributed by atoms with van der Waals surface area (Å²) in [5.41, 5.74) is 9.25. The van der Waals surface area contributed by atoms with Gasteiger partial charge in [0.25, 0.3) is 11.8 Å². The standard InChI is InChI=1S/C46H26N4O2/c47-27-29-18-21-35(34(24-29)28-48)33-20-23-38-37-14-7-8-16-40(37)49(43(38)26-33)41-17-9-15-39-44(41)46(52)50(45(39)51)42-25-32(30-10-3-1-4-11-30)19-22-36(42)31-12-5-2-6-13-31/h1-26H. The smallest absolute Gasteiger partial charge is 0.268 e. The number of carbonyl (C=O) groups is 2. The molecule has 0 saturated heterocycles. The minimum atomic E-state index is -0.404. The predicted octanol–water partition coefficient (Wildman–Crippen LogP) is 10.3. The van der Waals surface area contributed by atoms with Crippen molar-refractivity contribution >= 4 is 39.3 Å². The second-order valence-corrected chi connectivity index (χ2v) is 12.7. The third-order valence-corrected chi connectivity index (χ3v) is 9.82. The maximum absolute atomic E-state index is 14.9. The Balaban J connectivity index is 1.26. The van der Waals surface area contributed by atoms with Crippen molar-refractivity contribution in [2.24, 2.45) is 0 Å². The average molecular weight is 667 g/mol. The number of imide groups is 1. The van der Waals surface area contributed by atoms with E-state index in [2.05, 4.69) is 12.1 Å². The molecule has 0 unspecified atom stereocenters. The van der Waals surface area contributed by atoms with E-state index in [1.165, 1.54) is 4.90 Å². The van der Waals surface area contributed by atoms with Crippen LogP contribution in [0.4, 0.5) is 5.69 Å². The molecule has 1 aliphatic rings. The fraction of sp³-hybridized carbons (Fsp3) is 0. The summed E-state index contributed by atoms with van der Waals surface area (Å²) in [4.78, 5) is 30.7. The molecule has 9 rings (SSSR count). The summed E-state index contributed by atoms with van der Waals surface area (Å²) < 4.78 is 2.04. The Morgan fingerprint density at radius 1 is 0.442 bits per heavy atom. The molecule has 0 saturated carbocycles. The van der Waals surface area contributed by atoms with Gasteiger partial charge in [-0.2, -0.15) is 10.5 Å². The number of benzene rings is 7. The Labute approximate surface area is 299 Å². The molecule has 7 aromatic carbocycles. The van der Waals surface area contributed by atoms with Crippen molar-refractivity contribution in [3.8, 4) is 51.2 Å². The largest absolute Gasteiger partial charge is 0.308 e. The van der Waals surface area contributed by atoms with Gasteiger partial charge in [-0.25, -0.2) is 4.90 Å². The summed E-state index contributed by atoms with van der Waals surface area (Å²) in [5, 5.41) is 21.3. The van der Waals surface area contributed by atoms with Crippen LogP contribution in [0.3, 0.4) is 0 Å². The quantitative estimate of drug-likeness (QED) is 0.171. The fourth-order valence-electron chi connectivity index (χ4n) is 7.42. The maximum atomic E-state index is 14.9. The number of aromatic nitrogens is 1. The monoisotopic (exact) mass is 666 g/mol. The molecule has 6 nitrogen and oxygen atoms in total. The third-order valence-electron chi connectivity index (χ3n) is 9.82. The van der Waals surface area contributed by atoms with Crippen LogP contribution in [-0.4, -0.2) is 16.4 Å². The molecule has 52 heavy (non-hydrogen) atoms. The molecule has 1 aromatic heterocycles. The van der Waals surface area contributed by atoms with E-state index in [0.29, 0.717) is 39.2 Å². The fourth-order valence-corrected chi connectivity index (χ4v) is 7.42. The van der Waals surface area contributed by atoms with Crippen LogP contribution in [0.1, 0.15) is 31.8 Å². The molecule has 0 radical (unpaired) electrons. The molecule has 0 aliphatic carbocycles. The highest BCUT2D eigenvalue weighted by Crippen LogP contribution is 2.42. The van der Waals surface area contributed by atoms with Gasteiger partial charge >= 0.3 is 0 Å². The molecule has 6 heteroatoms. The van der Waals surface area contributed by atoms with Gasteiger partial charge in [0.1, 0.15) is 0 Å². The van der Waals surface area contributed by atoms with Gasteiger partial charge in [0, 0.05) is 16.3 Å². The summed E-state index contributed by atoms with van der Waals surface area (Å²) >= 11 is 0. The summed E-state index contributed by atoms with van der Waals surface area (Å²) in [6.45, 7) is 0. The van der Waals surface area contributed by atoms with E-state index in [4.69, 9.17) is 0 Å². The lowest BCUT2D eigenvalue weighted by atomic mass is 9.97. The van der Waals surface area contributed by atoms with E-state index >= 15 is 0 Å². The van der Waals surface area contributed by atoms with E-state index in [0.717, 1.165) is 49.6 Å². The predicted molar refractivity (Wildman–Crippen MR) is 204 cm³/mol. The highest BCUT2D eigenvalue weighted by Gasteiger charge is 2.40. The van der Waals surface area contributed by atoms with E-state index < -0.39 is 5.91 Å². The number of para-hydroxylation sites is 1. The minimum Gasteiger partial charge on any atom is -0.308 e. The van der Waals surface area contributed by atoms with Crippen LogP contribution in [0.5, 0.6) is 0 Å². The van der Waals surface area contributed by atoms with Gasteiger partial charge in [0.15, 0.2) is 0 Å². The van der Waals surface area contributed by atoms with Crippen molar-refractivity contribution < 1.29 is 9.59 Å². The lowest BCUT2D eigenvalue weighted by Gasteiger charge is -2.20. The highest BCUT2D eigenvalue weighted by atomic mass is 16.2. The summed E-state index contributed by atoms with van der Waals surface area (Å²) in [6, 6.07) is 54.5. The van der Waals surface area contributed by atoms with E-state index in [9.17, 15) is 20.1 Å². The van der Waals surface area contributed by atoms with Gasteiger partial charge in [0.05, 0.1) is 56.8 Å².